The van der Waals surface area contributed by atoms with Crippen molar-refractivity contribution in [1.82, 2.24) is 0 Å². The molecule has 0 spiro atoms. The van der Waals surface area contributed by atoms with E-state index in [4.69, 9.17) is 10.4 Å². The van der Waals surface area contributed by atoms with Gasteiger partial charge in [-0.15, -0.1) is 0 Å². The molecule has 0 fully saturated rings. The zero-order valence-electron chi connectivity index (χ0n) is 9.04. The van der Waals surface area contributed by atoms with Crippen molar-refractivity contribution < 1.29 is 25.2 Å². The summed E-state index contributed by atoms with van der Waals surface area (Å²) in [6.45, 7) is 3.66. The van der Waals surface area contributed by atoms with Crippen LogP contribution in [0.5, 0.6) is 5.75 Å². The van der Waals surface area contributed by atoms with E-state index >= 15 is 0 Å². The molecule has 0 saturated heterocycles. The number of hydrogen-bond donors (Lipinski definition) is 3. The van der Waals surface area contributed by atoms with Gasteiger partial charge in [0, 0.05) is 0 Å². The first-order chi connectivity index (χ1) is 7.47. The highest BCUT2D eigenvalue weighted by molar-refractivity contribution is 5.90. The van der Waals surface area contributed by atoms with E-state index in [1.165, 1.54) is 18.2 Å². The van der Waals surface area contributed by atoms with E-state index in [2.05, 4.69) is 4.89 Å². The number of carboxylic acid groups (broad SMARTS) is 1. The lowest BCUT2D eigenvalue weighted by molar-refractivity contribution is -0.291. The van der Waals surface area contributed by atoms with E-state index < -0.39 is 12.1 Å². The first-order valence-electron chi connectivity index (χ1n) is 4.83. The van der Waals surface area contributed by atoms with Gasteiger partial charge in [0.25, 0.3) is 0 Å². The van der Waals surface area contributed by atoms with Gasteiger partial charge in [-0.2, -0.15) is 0 Å². The first-order valence-corrected chi connectivity index (χ1v) is 4.83. The molecule has 0 aromatic heterocycles. The second kappa shape index (κ2) is 4.96. The Hall–Kier alpha value is -1.59. The lowest BCUT2D eigenvalue weighted by atomic mass is 9.97. The summed E-state index contributed by atoms with van der Waals surface area (Å²) in [5.41, 5.74) is 0.299. The average Bonchev–Trinajstić information content (AvgIpc) is 2.20. The van der Waals surface area contributed by atoms with Crippen LogP contribution in [0.1, 0.15) is 35.9 Å². The summed E-state index contributed by atoms with van der Waals surface area (Å²) >= 11 is 0. The summed E-state index contributed by atoms with van der Waals surface area (Å²) in [4.78, 5) is 15.1. The quantitative estimate of drug-likeness (QED) is 0.541. The number of aromatic hydroxyl groups is 1. The Morgan fingerprint density at radius 1 is 1.38 bits per heavy atom. The number of hydrogen-bond acceptors (Lipinski definition) is 4. The lowest BCUT2D eigenvalue weighted by Crippen LogP contribution is -2.10. The van der Waals surface area contributed by atoms with Crippen LogP contribution in [-0.2, 0) is 4.89 Å². The molecule has 0 aliphatic heterocycles. The van der Waals surface area contributed by atoms with E-state index in [1.54, 1.807) is 0 Å². The minimum Gasteiger partial charge on any atom is -0.507 e. The van der Waals surface area contributed by atoms with Crippen molar-refractivity contribution in [3.05, 3.63) is 29.3 Å². The molecule has 0 radical (unpaired) electrons. The number of benzene rings is 1. The third-order valence-electron chi connectivity index (χ3n) is 2.30. The van der Waals surface area contributed by atoms with Crippen molar-refractivity contribution in [3.8, 4) is 5.75 Å². The Balaban J connectivity index is 3.15. The SMILES string of the molecule is CC(C)C(OO)c1ccc(O)c(C(=O)O)c1. The summed E-state index contributed by atoms with van der Waals surface area (Å²) in [5.74, 6) is -1.55. The van der Waals surface area contributed by atoms with E-state index in [0.717, 1.165) is 0 Å². The van der Waals surface area contributed by atoms with Gasteiger partial charge >= 0.3 is 5.97 Å². The molecule has 1 unspecified atom stereocenters. The maximum atomic E-state index is 10.8. The van der Waals surface area contributed by atoms with Gasteiger partial charge in [0.1, 0.15) is 17.4 Å². The number of carboxylic acids is 1. The molecule has 0 aliphatic carbocycles. The fourth-order valence-corrected chi connectivity index (χ4v) is 1.47. The van der Waals surface area contributed by atoms with Crippen molar-refractivity contribution in [3.63, 3.8) is 0 Å². The highest BCUT2D eigenvalue weighted by Gasteiger charge is 2.19. The van der Waals surface area contributed by atoms with Gasteiger partial charge in [0.05, 0.1) is 0 Å². The molecule has 5 nitrogen and oxygen atoms in total. The van der Waals surface area contributed by atoms with Crippen LogP contribution >= 0.6 is 0 Å². The monoisotopic (exact) mass is 226 g/mol. The van der Waals surface area contributed by atoms with Crippen LogP contribution in [0.25, 0.3) is 0 Å². The van der Waals surface area contributed by atoms with Crippen LogP contribution in [-0.4, -0.2) is 21.4 Å². The summed E-state index contributed by atoms with van der Waals surface area (Å²) < 4.78 is 0. The molecule has 1 aromatic rings. The first kappa shape index (κ1) is 12.5. The zero-order valence-corrected chi connectivity index (χ0v) is 9.04. The Morgan fingerprint density at radius 2 is 2.00 bits per heavy atom. The molecule has 0 saturated carbocycles. The summed E-state index contributed by atoms with van der Waals surface area (Å²) in [6.07, 6.45) is -0.612. The fourth-order valence-electron chi connectivity index (χ4n) is 1.47. The molecule has 5 heteroatoms. The predicted molar refractivity (Wildman–Crippen MR) is 56.4 cm³/mol. The maximum absolute atomic E-state index is 10.8. The molecule has 3 N–H and O–H groups in total. The highest BCUT2D eigenvalue weighted by Crippen LogP contribution is 2.28. The van der Waals surface area contributed by atoms with Crippen molar-refractivity contribution in [2.45, 2.75) is 20.0 Å². The Labute approximate surface area is 92.8 Å². The van der Waals surface area contributed by atoms with E-state index in [1.807, 2.05) is 13.8 Å². The van der Waals surface area contributed by atoms with Gasteiger partial charge in [0.2, 0.25) is 0 Å². The molecule has 1 aromatic carbocycles. The average molecular weight is 226 g/mol. The topological polar surface area (TPSA) is 87.0 Å². The van der Waals surface area contributed by atoms with Gasteiger partial charge in [-0.1, -0.05) is 19.9 Å². The van der Waals surface area contributed by atoms with Crippen LogP contribution < -0.4 is 0 Å². The summed E-state index contributed by atoms with van der Waals surface area (Å²) in [7, 11) is 0. The molecular formula is C11H14O5. The van der Waals surface area contributed by atoms with Gasteiger partial charge < -0.3 is 10.2 Å². The van der Waals surface area contributed by atoms with Crippen molar-refractivity contribution in [1.29, 1.82) is 0 Å². The number of carbonyl (C=O) groups is 1. The molecule has 1 atom stereocenters. The normalized spacial score (nSPS) is 12.8. The minimum atomic E-state index is -1.22. The third-order valence-corrected chi connectivity index (χ3v) is 2.30. The Morgan fingerprint density at radius 3 is 2.44 bits per heavy atom. The van der Waals surface area contributed by atoms with Gasteiger partial charge in [-0.05, 0) is 23.6 Å². The zero-order chi connectivity index (χ0) is 12.3. The minimum absolute atomic E-state index is 0.0174. The van der Waals surface area contributed by atoms with E-state index in [0.29, 0.717) is 5.56 Å². The molecule has 1 rings (SSSR count). The number of rotatable bonds is 4. The van der Waals surface area contributed by atoms with Crippen LogP contribution in [0.3, 0.4) is 0 Å². The smallest absolute Gasteiger partial charge is 0.339 e. The van der Waals surface area contributed by atoms with Gasteiger partial charge in [0.15, 0.2) is 0 Å². The van der Waals surface area contributed by atoms with Crippen molar-refractivity contribution in [2.24, 2.45) is 5.92 Å². The summed E-state index contributed by atoms with van der Waals surface area (Å²) in [6, 6.07) is 4.08. The third kappa shape index (κ3) is 2.50. The largest absolute Gasteiger partial charge is 0.507 e. The lowest BCUT2D eigenvalue weighted by Gasteiger charge is -2.18. The molecule has 0 aliphatic rings. The van der Waals surface area contributed by atoms with Crippen LogP contribution in [0.2, 0.25) is 0 Å². The van der Waals surface area contributed by atoms with Crippen LogP contribution in [0, 0.1) is 5.92 Å². The Kier molecular flexibility index (Phi) is 3.87. The van der Waals surface area contributed by atoms with Crippen molar-refractivity contribution in [2.75, 3.05) is 0 Å². The molecule has 16 heavy (non-hydrogen) atoms. The predicted octanol–water partition coefficient (Wildman–Crippen LogP) is 2.28. The molecular weight excluding hydrogens is 212 g/mol. The standard InChI is InChI=1S/C11H14O5/c1-6(2)10(16-15)7-3-4-9(12)8(5-7)11(13)14/h3-6,10,12,15H,1-2H3,(H,13,14). The number of phenols is 1. The van der Waals surface area contributed by atoms with Gasteiger partial charge in [-0.3, -0.25) is 5.26 Å². The maximum Gasteiger partial charge on any atom is 0.339 e. The summed E-state index contributed by atoms with van der Waals surface area (Å²) in [5, 5.41) is 26.9. The molecule has 88 valence electrons. The van der Waals surface area contributed by atoms with Crippen molar-refractivity contribution >= 4 is 5.97 Å². The van der Waals surface area contributed by atoms with Crippen LogP contribution in [0.15, 0.2) is 18.2 Å². The molecule has 0 bridgehead atoms. The Bertz CT molecular complexity index is 386. The van der Waals surface area contributed by atoms with Crippen LogP contribution in [0.4, 0.5) is 0 Å². The van der Waals surface area contributed by atoms with E-state index in [-0.39, 0.29) is 17.2 Å². The molecule has 0 amide bonds. The highest BCUT2D eigenvalue weighted by atomic mass is 17.1. The molecule has 0 heterocycles. The van der Waals surface area contributed by atoms with Gasteiger partial charge in [-0.25, -0.2) is 9.68 Å². The second-order valence-electron chi connectivity index (χ2n) is 3.85. The fraction of sp³-hybridized carbons (Fsp3) is 0.364. The second-order valence-corrected chi connectivity index (χ2v) is 3.85. The van der Waals surface area contributed by atoms with E-state index in [9.17, 15) is 9.90 Å². The number of aromatic carboxylic acids is 1.